The lowest BCUT2D eigenvalue weighted by Crippen LogP contribution is -2.58. The minimum atomic E-state index is -1.08. The van der Waals surface area contributed by atoms with Crippen molar-refractivity contribution in [3.63, 3.8) is 0 Å². The molecule has 3 amide bonds. The molecule has 1 atom stereocenters. The molecular formula is C12H21N3O4. The number of carboxylic acid groups (broad SMARTS) is 1. The lowest BCUT2D eigenvalue weighted by Gasteiger charge is -2.34. The van der Waals surface area contributed by atoms with E-state index in [1.54, 1.807) is 32.7 Å². The molecule has 0 unspecified atom stereocenters. The van der Waals surface area contributed by atoms with Crippen molar-refractivity contribution in [1.82, 2.24) is 15.1 Å². The molecule has 1 aliphatic heterocycles. The standard InChI is InChI=1S/C12H21N3O4/c1-12(2,3)9(10(17)18)13-11(19)15-6-5-14(4)8(16)7-15/h9H,5-7H2,1-4H3,(H,13,19)(H,17,18)/t9-/m0/s1. The van der Waals surface area contributed by atoms with Gasteiger partial charge in [0.25, 0.3) is 0 Å². The first-order chi connectivity index (χ1) is 8.62. The van der Waals surface area contributed by atoms with Crippen LogP contribution >= 0.6 is 0 Å². The summed E-state index contributed by atoms with van der Waals surface area (Å²) >= 11 is 0. The summed E-state index contributed by atoms with van der Waals surface area (Å²) in [4.78, 5) is 37.6. The maximum Gasteiger partial charge on any atom is 0.326 e. The van der Waals surface area contributed by atoms with E-state index in [1.165, 1.54) is 4.90 Å². The van der Waals surface area contributed by atoms with E-state index in [4.69, 9.17) is 5.11 Å². The SMILES string of the molecule is CN1CCN(C(=O)N[C@@H](C(=O)O)C(C)(C)C)CC1=O. The molecule has 19 heavy (non-hydrogen) atoms. The average Bonchev–Trinajstić information content (AvgIpc) is 2.27. The van der Waals surface area contributed by atoms with Gasteiger partial charge in [0, 0.05) is 20.1 Å². The predicted octanol–water partition coefficient (Wildman–Crippen LogP) is -0.0307. The molecule has 1 fully saturated rings. The number of carboxylic acids is 1. The Morgan fingerprint density at radius 3 is 2.32 bits per heavy atom. The van der Waals surface area contributed by atoms with E-state index in [1.807, 2.05) is 0 Å². The Labute approximate surface area is 112 Å². The van der Waals surface area contributed by atoms with Gasteiger partial charge in [-0.1, -0.05) is 20.8 Å². The zero-order valence-electron chi connectivity index (χ0n) is 11.8. The fraction of sp³-hybridized carbons (Fsp3) is 0.750. The number of nitrogens with zero attached hydrogens (tertiary/aromatic N) is 2. The quantitative estimate of drug-likeness (QED) is 0.738. The van der Waals surface area contributed by atoms with E-state index in [2.05, 4.69) is 5.32 Å². The van der Waals surface area contributed by atoms with Gasteiger partial charge >= 0.3 is 12.0 Å². The molecule has 1 rings (SSSR count). The van der Waals surface area contributed by atoms with Crippen LogP contribution in [0, 0.1) is 5.41 Å². The summed E-state index contributed by atoms with van der Waals surface area (Å²) in [7, 11) is 1.67. The number of carbonyl (C=O) groups excluding carboxylic acids is 2. The third kappa shape index (κ3) is 3.84. The van der Waals surface area contributed by atoms with Crippen LogP contribution in [0.5, 0.6) is 0 Å². The van der Waals surface area contributed by atoms with Gasteiger partial charge in [0.1, 0.15) is 12.6 Å². The second-order valence-corrected chi connectivity index (χ2v) is 5.82. The third-order valence-electron chi connectivity index (χ3n) is 3.13. The van der Waals surface area contributed by atoms with E-state index in [0.717, 1.165) is 0 Å². The molecule has 0 spiro atoms. The molecule has 7 nitrogen and oxygen atoms in total. The molecule has 7 heteroatoms. The Hall–Kier alpha value is -1.79. The van der Waals surface area contributed by atoms with Gasteiger partial charge in [-0.25, -0.2) is 9.59 Å². The molecule has 108 valence electrons. The summed E-state index contributed by atoms with van der Waals surface area (Å²) in [6.07, 6.45) is 0. The zero-order chi connectivity index (χ0) is 14.8. The number of piperazine rings is 1. The van der Waals surface area contributed by atoms with Gasteiger partial charge in [0.15, 0.2) is 0 Å². The van der Waals surface area contributed by atoms with Gasteiger partial charge in [0.05, 0.1) is 0 Å². The summed E-state index contributed by atoms with van der Waals surface area (Å²) in [5, 5.41) is 11.6. The topological polar surface area (TPSA) is 89.9 Å². The Morgan fingerprint density at radius 2 is 1.89 bits per heavy atom. The Kier molecular flexibility index (Phi) is 4.39. The Bertz CT molecular complexity index is 389. The first-order valence-electron chi connectivity index (χ1n) is 6.15. The first kappa shape index (κ1) is 15.3. The number of hydrogen-bond donors (Lipinski definition) is 2. The van der Waals surface area contributed by atoms with Crippen LogP contribution in [0.4, 0.5) is 4.79 Å². The minimum absolute atomic E-state index is 0.0151. The van der Waals surface area contributed by atoms with Crippen molar-refractivity contribution >= 4 is 17.9 Å². The molecule has 0 aromatic carbocycles. The number of hydrogen-bond acceptors (Lipinski definition) is 3. The zero-order valence-corrected chi connectivity index (χ0v) is 11.8. The maximum absolute atomic E-state index is 12.0. The summed E-state index contributed by atoms with van der Waals surface area (Å²) in [5.74, 6) is -1.23. The summed E-state index contributed by atoms with van der Waals surface area (Å²) in [6, 6.07) is -1.50. The smallest absolute Gasteiger partial charge is 0.326 e. The Morgan fingerprint density at radius 1 is 1.32 bits per heavy atom. The molecule has 0 saturated carbocycles. The first-order valence-corrected chi connectivity index (χ1v) is 6.15. The molecule has 0 aromatic heterocycles. The minimum Gasteiger partial charge on any atom is -0.480 e. The molecule has 1 aliphatic rings. The third-order valence-corrected chi connectivity index (χ3v) is 3.13. The molecule has 1 saturated heterocycles. The van der Waals surface area contributed by atoms with Crippen molar-refractivity contribution in [2.45, 2.75) is 26.8 Å². The highest BCUT2D eigenvalue weighted by Crippen LogP contribution is 2.19. The van der Waals surface area contributed by atoms with E-state index >= 15 is 0 Å². The van der Waals surface area contributed by atoms with Crippen molar-refractivity contribution in [3.8, 4) is 0 Å². The second kappa shape index (κ2) is 5.46. The van der Waals surface area contributed by atoms with Crippen molar-refractivity contribution in [1.29, 1.82) is 0 Å². The number of carbonyl (C=O) groups is 3. The van der Waals surface area contributed by atoms with Gasteiger partial charge in [-0.2, -0.15) is 0 Å². The maximum atomic E-state index is 12.0. The fourth-order valence-corrected chi connectivity index (χ4v) is 1.80. The molecule has 0 aromatic rings. The molecule has 0 radical (unpaired) electrons. The van der Waals surface area contributed by atoms with Crippen LogP contribution in [0.2, 0.25) is 0 Å². The van der Waals surface area contributed by atoms with Crippen molar-refractivity contribution in [2.75, 3.05) is 26.7 Å². The average molecular weight is 271 g/mol. The van der Waals surface area contributed by atoms with Crippen LogP contribution in [0.3, 0.4) is 0 Å². The normalized spacial score (nSPS) is 18.2. The highest BCUT2D eigenvalue weighted by Gasteiger charge is 2.35. The van der Waals surface area contributed by atoms with Crippen molar-refractivity contribution in [2.24, 2.45) is 5.41 Å². The summed E-state index contributed by atoms with van der Waals surface area (Å²) < 4.78 is 0. The van der Waals surface area contributed by atoms with Gasteiger partial charge < -0.3 is 20.2 Å². The largest absolute Gasteiger partial charge is 0.480 e. The van der Waals surface area contributed by atoms with Crippen LogP contribution in [-0.4, -0.2) is 65.5 Å². The van der Waals surface area contributed by atoms with E-state index in [0.29, 0.717) is 13.1 Å². The number of rotatable bonds is 2. The Balaban J connectivity index is 2.68. The van der Waals surface area contributed by atoms with E-state index in [9.17, 15) is 14.4 Å². The predicted molar refractivity (Wildman–Crippen MR) is 68.6 cm³/mol. The monoisotopic (exact) mass is 271 g/mol. The van der Waals surface area contributed by atoms with Gasteiger partial charge in [-0.15, -0.1) is 0 Å². The van der Waals surface area contributed by atoms with E-state index in [-0.39, 0.29) is 12.5 Å². The number of nitrogens with one attached hydrogen (secondary N) is 1. The summed E-state index contributed by atoms with van der Waals surface area (Å²) in [6.45, 7) is 6.06. The van der Waals surface area contributed by atoms with Crippen LogP contribution < -0.4 is 5.32 Å². The number of amides is 3. The molecule has 0 bridgehead atoms. The molecule has 0 aliphatic carbocycles. The highest BCUT2D eigenvalue weighted by atomic mass is 16.4. The van der Waals surface area contributed by atoms with E-state index < -0.39 is 23.5 Å². The van der Waals surface area contributed by atoms with Gasteiger partial charge in [0.2, 0.25) is 5.91 Å². The van der Waals surface area contributed by atoms with Crippen LogP contribution in [0.25, 0.3) is 0 Å². The van der Waals surface area contributed by atoms with Crippen LogP contribution in [0.15, 0.2) is 0 Å². The van der Waals surface area contributed by atoms with Crippen molar-refractivity contribution in [3.05, 3.63) is 0 Å². The van der Waals surface area contributed by atoms with Crippen LogP contribution in [0.1, 0.15) is 20.8 Å². The number of aliphatic carboxylic acids is 1. The summed E-state index contributed by atoms with van der Waals surface area (Å²) in [5.41, 5.74) is -0.599. The van der Waals surface area contributed by atoms with Crippen molar-refractivity contribution < 1.29 is 19.5 Å². The van der Waals surface area contributed by atoms with Crippen LogP contribution in [-0.2, 0) is 9.59 Å². The van der Waals surface area contributed by atoms with Gasteiger partial charge in [-0.05, 0) is 5.41 Å². The molecular weight excluding hydrogens is 250 g/mol. The number of likely N-dealkylation sites (N-methyl/N-ethyl adjacent to an activating group) is 1. The lowest BCUT2D eigenvalue weighted by atomic mass is 9.87. The lowest BCUT2D eigenvalue weighted by molar-refractivity contribution is -0.142. The highest BCUT2D eigenvalue weighted by molar-refractivity contribution is 5.87. The number of urea groups is 1. The fourth-order valence-electron chi connectivity index (χ4n) is 1.80. The molecule has 1 heterocycles. The molecule has 2 N–H and O–H groups in total. The second-order valence-electron chi connectivity index (χ2n) is 5.82. The van der Waals surface area contributed by atoms with Gasteiger partial charge in [-0.3, -0.25) is 4.79 Å².